The Kier molecular flexibility index (Phi) is 37.3. The Bertz CT molecular complexity index is 1560. The molecule has 0 aliphatic carbocycles. The molecule has 0 bridgehead atoms. The number of aliphatic hydroxyl groups excluding tert-OH is 6. The van der Waals surface area contributed by atoms with Gasteiger partial charge in [0.25, 0.3) is 0 Å². The topological polar surface area (TPSA) is 307 Å². The molecule has 0 aromatic heterocycles. The van der Waals surface area contributed by atoms with E-state index < -0.39 is 97.1 Å². The maximum Gasteiger partial charge on any atom is 0.306 e. The van der Waals surface area contributed by atoms with Gasteiger partial charge in [0.15, 0.2) is 18.3 Å². The Morgan fingerprint density at radius 1 is 0.452 bits per heavy atom. The second-order valence-electron chi connectivity index (χ2n) is 18.4. The van der Waals surface area contributed by atoms with E-state index in [9.17, 15) is 59.4 Å². The highest BCUT2D eigenvalue weighted by atomic mass is 16.6. The first-order valence-corrected chi connectivity index (χ1v) is 26.6. The zero-order valence-corrected chi connectivity index (χ0v) is 44.3. The quantitative estimate of drug-likeness (QED) is 0.0233. The lowest BCUT2D eigenvalue weighted by Gasteiger charge is -2.28. The number of hydrogen-bond donors (Lipinski definition) is 6. The van der Waals surface area contributed by atoms with Crippen molar-refractivity contribution in [1.82, 2.24) is 0 Å². The number of esters is 6. The minimum Gasteiger partial charge on any atom is -0.463 e. The molecule has 0 radical (unpaired) electrons. The van der Waals surface area contributed by atoms with Crippen LogP contribution >= 0.6 is 0 Å². The molecule has 3 fully saturated rings. The second-order valence-corrected chi connectivity index (χ2v) is 18.4. The molecule has 6 N–H and O–H groups in total. The van der Waals surface area contributed by atoms with E-state index >= 15 is 0 Å². The normalized spacial score (nSPS) is 24.5. The maximum absolute atomic E-state index is 12.1. The Labute approximate surface area is 431 Å². The summed E-state index contributed by atoms with van der Waals surface area (Å²) in [4.78, 5) is 71.0. The van der Waals surface area contributed by atoms with Gasteiger partial charge in [-0.25, -0.2) is 0 Å². The Morgan fingerprint density at radius 3 is 1.26 bits per heavy atom. The lowest BCUT2D eigenvalue weighted by atomic mass is 10.1. The van der Waals surface area contributed by atoms with Crippen LogP contribution < -0.4 is 0 Å². The molecule has 0 saturated carbocycles. The van der Waals surface area contributed by atoms with Crippen molar-refractivity contribution in [3.63, 3.8) is 0 Å². The van der Waals surface area contributed by atoms with Crippen LogP contribution in [0.5, 0.6) is 0 Å². The molecule has 3 unspecified atom stereocenters. The minimum absolute atomic E-state index is 0.0269. The maximum atomic E-state index is 12.1. The van der Waals surface area contributed by atoms with Crippen molar-refractivity contribution in [2.24, 2.45) is 0 Å². The molecule has 0 aromatic carbocycles. The standard InChI is InChI=1S/C21H36O8.C16H28O7.C15H26O6/c1-4-7-10-17(23)26-14-16(28-18(24)11-8-5-2)21-20(15(22)13-27-21)29-19(25)12-9-6-3;1-3-5-7-13(18)21-10-12(23-14(19)8-6-4-2)16-15(20)11(17)9-22-16;1-2-3-4-5-6-7-8-13(18)20-10-12(17)15-14(19)11(16)9-21-15/h15-16,20-22H,4-14H2,1-3H3;11-12,15-17,20H,3-10H2,1-2H3;4-5,11-12,14-17,19H,2-3,6-10H2,1H3/b;;5-4-/t15-,16+,20?,21+;11-,12+,15?,16+;11-,12+,14?,15+/m000/s1. The van der Waals surface area contributed by atoms with Crippen LogP contribution in [0.2, 0.25) is 0 Å². The molecule has 3 rings (SSSR count). The molecule has 12 atom stereocenters. The lowest BCUT2D eigenvalue weighted by molar-refractivity contribution is -0.177. The third-order valence-electron chi connectivity index (χ3n) is 11.8. The second kappa shape index (κ2) is 40.5. The summed E-state index contributed by atoms with van der Waals surface area (Å²) >= 11 is 0. The largest absolute Gasteiger partial charge is 0.463 e. The van der Waals surface area contributed by atoms with Gasteiger partial charge in [-0.1, -0.05) is 92.2 Å². The SMILES string of the molecule is CCC/C=C\CCCC(=O)OC[C@@H](O)[C@H]1OC[C@H](O)C1O.CCCCC(=O)OC[C@@H](OC(=O)CCCC)[C@H]1OC[C@H](O)C1O.CCCCC(=O)OC[C@@H](OC(=O)CCCC)[C@H]1OC[C@H](O)C1OC(=O)CCCC. The molecule has 21 heteroatoms. The van der Waals surface area contributed by atoms with E-state index in [0.29, 0.717) is 44.9 Å². The Hall–Kier alpha value is -3.80. The van der Waals surface area contributed by atoms with Gasteiger partial charge in [0, 0.05) is 38.5 Å². The number of aliphatic hydroxyl groups is 6. The summed E-state index contributed by atoms with van der Waals surface area (Å²) < 4.78 is 47.4. The molecule has 424 valence electrons. The van der Waals surface area contributed by atoms with Crippen LogP contribution in [0.4, 0.5) is 0 Å². The molecule has 0 aromatic rings. The first-order chi connectivity index (χ1) is 35.0. The number of allylic oxidation sites excluding steroid dienone is 2. The lowest BCUT2D eigenvalue weighted by Crippen LogP contribution is -2.46. The summed E-state index contributed by atoms with van der Waals surface area (Å²) in [6, 6.07) is 0. The van der Waals surface area contributed by atoms with E-state index in [1.165, 1.54) is 0 Å². The van der Waals surface area contributed by atoms with Crippen LogP contribution in [-0.4, -0.2) is 179 Å². The van der Waals surface area contributed by atoms with Gasteiger partial charge in [-0.3, -0.25) is 28.8 Å². The molecule has 3 aliphatic heterocycles. The number of rotatable bonds is 33. The summed E-state index contributed by atoms with van der Waals surface area (Å²) in [5.74, 6) is -2.47. The zero-order chi connectivity index (χ0) is 54.6. The number of ether oxygens (including phenoxy) is 9. The van der Waals surface area contributed by atoms with E-state index in [1.807, 2.05) is 34.6 Å². The van der Waals surface area contributed by atoms with Gasteiger partial charge in [0.05, 0.1) is 19.8 Å². The zero-order valence-electron chi connectivity index (χ0n) is 44.3. The number of carbonyl (C=O) groups is 6. The monoisotopic (exact) mass is 1050 g/mol. The van der Waals surface area contributed by atoms with Crippen molar-refractivity contribution in [1.29, 1.82) is 0 Å². The number of hydrogen-bond acceptors (Lipinski definition) is 21. The number of carbonyl (C=O) groups excluding carboxylic acids is 6. The Balaban J connectivity index is 0.000000556. The van der Waals surface area contributed by atoms with E-state index in [2.05, 4.69) is 19.1 Å². The van der Waals surface area contributed by atoms with Gasteiger partial charge in [-0.15, -0.1) is 0 Å². The van der Waals surface area contributed by atoms with Crippen molar-refractivity contribution in [3.8, 4) is 0 Å². The van der Waals surface area contributed by atoms with E-state index in [-0.39, 0.29) is 77.3 Å². The van der Waals surface area contributed by atoms with E-state index in [1.54, 1.807) is 0 Å². The summed E-state index contributed by atoms with van der Waals surface area (Å²) in [6.07, 6.45) is 5.09. The van der Waals surface area contributed by atoms with Crippen molar-refractivity contribution < 1.29 is 102 Å². The molecule has 73 heavy (non-hydrogen) atoms. The van der Waals surface area contributed by atoms with Crippen LogP contribution in [-0.2, 0) is 71.4 Å². The van der Waals surface area contributed by atoms with Gasteiger partial charge in [-0.2, -0.15) is 0 Å². The fourth-order valence-electron chi connectivity index (χ4n) is 7.27. The van der Waals surface area contributed by atoms with Gasteiger partial charge in [0.2, 0.25) is 0 Å². The van der Waals surface area contributed by atoms with Crippen molar-refractivity contribution >= 4 is 35.8 Å². The molecule has 0 spiro atoms. The molecule has 0 amide bonds. The highest BCUT2D eigenvalue weighted by Crippen LogP contribution is 2.25. The average molecular weight is 1050 g/mol. The molecule has 3 saturated heterocycles. The van der Waals surface area contributed by atoms with Crippen LogP contribution in [0.3, 0.4) is 0 Å². The summed E-state index contributed by atoms with van der Waals surface area (Å²) in [5, 5.41) is 58.3. The van der Waals surface area contributed by atoms with Gasteiger partial charge >= 0.3 is 35.8 Å². The first kappa shape index (κ1) is 67.2. The fourth-order valence-corrected chi connectivity index (χ4v) is 7.27. The smallest absolute Gasteiger partial charge is 0.306 e. The van der Waals surface area contributed by atoms with Gasteiger partial charge in [0.1, 0.15) is 74.8 Å². The van der Waals surface area contributed by atoms with Gasteiger partial charge in [-0.05, 0) is 51.4 Å². The highest BCUT2D eigenvalue weighted by molar-refractivity contribution is 5.72. The van der Waals surface area contributed by atoms with Gasteiger partial charge < -0.3 is 73.3 Å². The highest BCUT2D eigenvalue weighted by Gasteiger charge is 2.46. The predicted octanol–water partition coefficient (Wildman–Crippen LogP) is 4.16. The van der Waals surface area contributed by atoms with E-state index in [0.717, 1.165) is 57.8 Å². The third-order valence-corrected chi connectivity index (χ3v) is 11.8. The summed E-state index contributed by atoms with van der Waals surface area (Å²) in [6.45, 7) is 11.2. The summed E-state index contributed by atoms with van der Waals surface area (Å²) in [7, 11) is 0. The summed E-state index contributed by atoms with van der Waals surface area (Å²) in [5.41, 5.74) is 0. The predicted molar refractivity (Wildman–Crippen MR) is 263 cm³/mol. The van der Waals surface area contributed by atoms with Crippen LogP contribution in [0, 0.1) is 0 Å². The average Bonchev–Trinajstić information content (AvgIpc) is 4.03. The van der Waals surface area contributed by atoms with Crippen molar-refractivity contribution in [2.45, 2.75) is 243 Å². The van der Waals surface area contributed by atoms with E-state index in [4.69, 9.17) is 42.6 Å². The number of unbranched alkanes of at least 4 members (excludes halogenated alkanes) is 7. The van der Waals surface area contributed by atoms with Crippen LogP contribution in [0.1, 0.15) is 170 Å². The van der Waals surface area contributed by atoms with Crippen molar-refractivity contribution in [3.05, 3.63) is 12.2 Å². The molecule has 3 aliphatic rings. The minimum atomic E-state index is -1.17. The van der Waals surface area contributed by atoms with Crippen LogP contribution in [0.15, 0.2) is 12.2 Å². The first-order valence-electron chi connectivity index (χ1n) is 26.6. The molecule has 3 heterocycles. The molecular weight excluding hydrogens is 961 g/mol. The van der Waals surface area contributed by atoms with Crippen LogP contribution in [0.25, 0.3) is 0 Å². The van der Waals surface area contributed by atoms with Crippen molar-refractivity contribution in [2.75, 3.05) is 39.6 Å². The molecular formula is C52H90O21. The fraction of sp³-hybridized carbons (Fsp3) is 0.846. The third kappa shape index (κ3) is 28.6. The Morgan fingerprint density at radius 2 is 0.822 bits per heavy atom. The molecule has 21 nitrogen and oxygen atoms in total.